The number of methoxy groups -OCH3 is 1. The van der Waals surface area contributed by atoms with E-state index < -0.39 is 0 Å². The highest BCUT2D eigenvalue weighted by atomic mass is 35.5. The van der Waals surface area contributed by atoms with Crippen molar-refractivity contribution < 1.29 is 4.74 Å². The summed E-state index contributed by atoms with van der Waals surface area (Å²) < 4.78 is 7.72. The molecule has 0 bridgehead atoms. The molecule has 122 valence electrons. The molecule has 21 heavy (non-hydrogen) atoms. The molecule has 1 rings (SSSR count). The molecule has 2 atom stereocenters. The SMILES string of the molecule is CCCC(OC)C(Cc1c(Cl)c(CC)nn1CC)NCC. The van der Waals surface area contributed by atoms with Gasteiger partial charge in [0.05, 0.1) is 22.5 Å². The number of likely N-dealkylation sites (N-methyl/N-ethyl adjacent to an activating group) is 1. The van der Waals surface area contributed by atoms with Crippen molar-refractivity contribution in [3.8, 4) is 0 Å². The Labute approximate surface area is 134 Å². The largest absolute Gasteiger partial charge is 0.380 e. The molecule has 0 aliphatic carbocycles. The molecule has 1 aromatic heterocycles. The molecule has 1 aromatic rings. The number of hydrogen-bond donors (Lipinski definition) is 1. The highest BCUT2D eigenvalue weighted by Crippen LogP contribution is 2.24. The number of rotatable bonds is 10. The number of ether oxygens (including phenoxy) is 1. The van der Waals surface area contributed by atoms with Gasteiger partial charge in [0.15, 0.2) is 0 Å². The Morgan fingerprint density at radius 3 is 2.48 bits per heavy atom. The zero-order chi connectivity index (χ0) is 15.8. The second kappa shape index (κ2) is 9.44. The maximum Gasteiger partial charge on any atom is 0.0850 e. The minimum atomic E-state index is 0.205. The zero-order valence-electron chi connectivity index (χ0n) is 14.1. The number of nitrogens with zero attached hydrogens (tertiary/aromatic N) is 2. The van der Waals surface area contributed by atoms with Crippen LogP contribution in [0.5, 0.6) is 0 Å². The molecule has 0 aromatic carbocycles. The first kappa shape index (κ1) is 18.5. The van der Waals surface area contributed by atoms with Gasteiger partial charge in [0.2, 0.25) is 0 Å². The summed E-state index contributed by atoms with van der Waals surface area (Å²) in [5.74, 6) is 0. The topological polar surface area (TPSA) is 39.1 Å². The average molecular weight is 316 g/mol. The van der Waals surface area contributed by atoms with Gasteiger partial charge in [-0.1, -0.05) is 38.8 Å². The summed E-state index contributed by atoms with van der Waals surface area (Å²) in [7, 11) is 1.79. The maximum atomic E-state index is 6.53. The first-order chi connectivity index (χ1) is 10.1. The normalized spacial score (nSPS) is 14.4. The molecule has 5 heteroatoms. The molecule has 4 nitrogen and oxygen atoms in total. The number of nitrogens with one attached hydrogen (secondary N) is 1. The van der Waals surface area contributed by atoms with Crippen LogP contribution in [0.3, 0.4) is 0 Å². The van der Waals surface area contributed by atoms with Crippen LogP contribution < -0.4 is 5.32 Å². The summed E-state index contributed by atoms with van der Waals surface area (Å²) in [6.07, 6.45) is 4.09. The lowest BCUT2D eigenvalue weighted by Gasteiger charge is -2.27. The molecule has 0 amide bonds. The van der Waals surface area contributed by atoms with E-state index in [4.69, 9.17) is 16.3 Å². The molecular formula is C16H30ClN3O. The minimum absolute atomic E-state index is 0.205. The van der Waals surface area contributed by atoms with E-state index in [1.165, 1.54) is 0 Å². The molecule has 0 spiro atoms. The van der Waals surface area contributed by atoms with E-state index >= 15 is 0 Å². The third kappa shape index (κ3) is 4.70. The summed E-state index contributed by atoms with van der Waals surface area (Å²) >= 11 is 6.53. The Bertz CT molecular complexity index is 420. The van der Waals surface area contributed by atoms with Gasteiger partial charge in [-0.15, -0.1) is 0 Å². The van der Waals surface area contributed by atoms with Crippen LogP contribution in [0, 0.1) is 0 Å². The Morgan fingerprint density at radius 2 is 2.00 bits per heavy atom. The lowest BCUT2D eigenvalue weighted by atomic mass is 10.0. The maximum absolute atomic E-state index is 6.53. The summed E-state index contributed by atoms with van der Waals surface area (Å²) in [5.41, 5.74) is 2.12. The first-order valence-corrected chi connectivity index (χ1v) is 8.50. The van der Waals surface area contributed by atoms with Gasteiger partial charge in [-0.05, 0) is 26.3 Å². The smallest absolute Gasteiger partial charge is 0.0850 e. The molecular weight excluding hydrogens is 286 g/mol. The van der Waals surface area contributed by atoms with Gasteiger partial charge in [0.25, 0.3) is 0 Å². The van der Waals surface area contributed by atoms with Crippen molar-refractivity contribution in [1.29, 1.82) is 0 Å². The van der Waals surface area contributed by atoms with Crippen LogP contribution >= 0.6 is 11.6 Å². The predicted molar refractivity (Wildman–Crippen MR) is 89.2 cm³/mol. The van der Waals surface area contributed by atoms with E-state index in [0.717, 1.165) is 55.2 Å². The number of halogens is 1. The Morgan fingerprint density at radius 1 is 1.29 bits per heavy atom. The molecule has 0 aliphatic rings. The third-order valence-corrected chi connectivity index (χ3v) is 4.33. The molecule has 1 N–H and O–H groups in total. The Hall–Kier alpha value is -0.580. The highest BCUT2D eigenvalue weighted by molar-refractivity contribution is 6.31. The summed E-state index contributed by atoms with van der Waals surface area (Å²) in [6, 6.07) is 0.268. The van der Waals surface area contributed by atoms with Crippen LogP contribution in [-0.2, 0) is 24.1 Å². The van der Waals surface area contributed by atoms with E-state index in [9.17, 15) is 0 Å². The van der Waals surface area contributed by atoms with Gasteiger partial charge in [0, 0.05) is 26.1 Å². The average Bonchev–Trinajstić information content (AvgIpc) is 2.80. The molecule has 1 heterocycles. The van der Waals surface area contributed by atoms with Crippen molar-refractivity contribution in [3.05, 3.63) is 16.4 Å². The Balaban J connectivity index is 2.99. The van der Waals surface area contributed by atoms with Gasteiger partial charge in [-0.3, -0.25) is 4.68 Å². The standard InChI is InChI=1S/C16H30ClN3O/c1-6-10-15(21-5)13(18-8-3)11-14-16(17)12(7-2)19-20(14)9-4/h13,15,18H,6-11H2,1-5H3. The van der Waals surface area contributed by atoms with Crippen molar-refractivity contribution in [2.45, 2.75) is 72.1 Å². The van der Waals surface area contributed by atoms with Gasteiger partial charge >= 0.3 is 0 Å². The van der Waals surface area contributed by atoms with Crippen molar-refractivity contribution >= 4 is 11.6 Å². The third-order valence-electron chi connectivity index (χ3n) is 3.90. The van der Waals surface area contributed by atoms with Crippen LogP contribution in [0.15, 0.2) is 0 Å². The summed E-state index contributed by atoms with van der Waals surface area (Å²) in [6.45, 7) is 10.3. The second-order valence-corrected chi connectivity index (χ2v) is 5.69. The van der Waals surface area contributed by atoms with E-state index in [2.05, 4.69) is 38.1 Å². The van der Waals surface area contributed by atoms with E-state index in [-0.39, 0.29) is 12.1 Å². The lowest BCUT2D eigenvalue weighted by molar-refractivity contribution is 0.0608. The van der Waals surface area contributed by atoms with E-state index in [1.54, 1.807) is 7.11 Å². The molecule has 0 saturated carbocycles. The zero-order valence-corrected chi connectivity index (χ0v) is 14.8. The number of aryl methyl sites for hydroxylation is 2. The molecule has 0 fully saturated rings. The van der Waals surface area contributed by atoms with Crippen molar-refractivity contribution in [3.63, 3.8) is 0 Å². The minimum Gasteiger partial charge on any atom is -0.380 e. The van der Waals surface area contributed by atoms with Crippen LogP contribution in [0.4, 0.5) is 0 Å². The van der Waals surface area contributed by atoms with Crippen LogP contribution in [0.25, 0.3) is 0 Å². The van der Waals surface area contributed by atoms with Crippen LogP contribution in [0.2, 0.25) is 5.02 Å². The predicted octanol–water partition coefficient (Wildman–Crippen LogP) is 3.45. The fourth-order valence-electron chi connectivity index (χ4n) is 2.79. The van der Waals surface area contributed by atoms with Gasteiger partial charge in [-0.25, -0.2) is 0 Å². The van der Waals surface area contributed by atoms with E-state index in [0.29, 0.717) is 0 Å². The van der Waals surface area contributed by atoms with Crippen LogP contribution in [0.1, 0.15) is 51.9 Å². The quantitative estimate of drug-likeness (QED) is 0.718. The molecule has 0 radical (unpaired) electrons. The van der Waals surface area contributed by atoms with Gasteiger partial charge < -0.3 is 10.1 Å². The van der Waals surface area contributed by atoms with Crippen molar-refractivity contribution in [2.75, 3.05) is 13.7 Å². The monoisotopic (exact) mass is 315 g/mol. The fourth-order valence-corrected chi connectivity index (χ4v) is 3.13. The van der Waals surface area contributed by atoms with Crippen molar-refractivity contribution in [2.24, 2.45) is 0 Å². The number of aromatic nitrogens is 2. The second-order valence-electron chi connectivity index (χ2n) is 5.31. The fraction of sp³-hybridized carbons (Fsp3) is 0.812. The molecule has 2 unspecified atom stereocenters. The van der Waals surface area contributed by atoms with Crippen LogP contribution in [-0.4, -0.2) is 35.6 Å². The number of hydrogen-bond acceptors (Lipinski definition) is 3. The summed E-state index contributed by atoms with van der Waals surface area (Å²) in [5, 5.41) is 8.98. The van der Waals surface area contributed by atoms with Crippen molar-refractivity contribution in [1.82, 2.24) is 15.1 Å². The van der Waals surface area contributed by atoms with Gasteiger partial charge in [0.1, 0.15) is 0 Å². The Kier molecular flexibility index (Phi) is 8.30. The summed E-state index contributed by atoms with van der Waals surface area (Å²) in [4.78, 5) is 0. The first-order valence-electron chi connectivity index (χ1n) is 8.12. The molecule has 0 saturated heterocycles. The van der Waals surface area contributed by atoms with Gasteiger partial charge in [-0.2, -0.15) is 5.10 Å². The lowest BCUT2D eigenvalue weighted by Crippen LogP contribution is -2.43. The molecule has 0 aliphatic heterocycles. The highest BCUT2D eigenvalue weighted by Gasteiger charge is 2.24. The van der Waals surface area contributed by atoms with E-state index in [1.807, 2.05) is 4.68 Å².